The molecule has 18 heavy (non-hydrogen) atoms. The van der Waals surface area contributed by atoms with Gasteiger partial charge >= 0.3 is 0 Å². The highest BCUT2D eigenvalue weighted by atomic mass is 16.5. The van der Waals surface area contributed by atoms with Gasteiger partial charge in [-0.15, -0.1) is 0 Å². The van der Waals surface area contributed by atoms with Crippen molar-refractivity contribution in [3.8, 4) is 0 Å². The van der Waals surface area contributed by atoms with Crippen LogP contribution in [0.3, 0.4) is 0 Å². The number of hydrogen-bond donors (Lipinski definition) is 1. The molecule has 2 fully saturated rings. The highest BCUT2D eigenvalue weighted by Gasteiger charge is 2.24. The highest BCUT2D eigenvalue weighted by Crippen LogP contribution is 2.23. The molecule has 1 saturated carbocycles. The van der Waals surface area contributed by atoms with E-state index in [1.807, 2.05) is 0 Å². The third kappa shape index (κ3) is 4.22. The molecule has 2 aliphatic rings. The minimum atomic E-state index is 0.405. The highest BCUT2D eigenvalue weighted by molar-refractivity contribution is 4.78. The van der Waals surface area contributed by atoms with Crippen LogP contribution in [0.2, 0.25) is 0 Å². The van der Waals surface area contributed by atoms with Gasteiger partial charge in [0.1, 0.15) is 0 Å². The predicted molar refractivity (Wildman–Crippen MR) is 75.9 cm³/mol. The van der Waals surface area contributed by atoms with Crippen molar-refractivity contribution in [3.63, 3.8) is 0 Å². The van der Waals surface area contributed by atoms with E-state index < -0.39 is 0 Å². The molecule has 3 heteroatoms. The molecule has 2 atom stereocenters. The van der Waals surface area contributed by atoms with Crippen LogP contribution >= 0.6 is 0 Å². The maximum absolute atomic E-state index is 5.74. The smallest absolute Gasteiger partial charge is 0.0674 e. The summed E-state index contributed by atoms with van der Waals surface area (Å²) < 4.78 is 5.74. The Balaban J connectivity index is 1.61. The molecule has 2 unspecified atom stereocenters. The van der Waals surface area contributed by atoms with Crippen LogP contribution in [0.4, 0.5) is 0 Å². The lowest BCUT2D eigenvalue weighted by Crippen LogP contribution is -2.50. The summed E-state index contributed by atoms with van der Waals surface area (Å²) in [5.41, 5.74) is 0. The van der Waals surface area contributed by atoms with Crippen LogP contribution in [-0.2, 0) is 4.74 Å². The van der Waals surface area contributed by atoms with Crippen molar-refractivity contribution in [1.82, 2.24) is 10.2 Å². The fraction of sp³-hybridized carbons (Fsp3) is 1.00. The van der Waals surface area contributed by atoms with Crippen molar-refractivity contribution in [2.75, 3.05) is 32.8 Å². The summed E-state index contributed by atoms with van der Waals surface area (Å²) in [6.45, 7) is 10.0. The van der Waals surface area contributed by atoms with Gasteiger partial charge in [0, 0.05) is 25.7 Å². The number of hydrogen-bond acceptors (Lipinski definition) is 3. The fourth-order valence-corrected chi connectivity index (χ4v) is 3.31. The maximum Gasteiger partial charge on any atom is 0.0674 e. The van der Waals surface area contributed by atoms with E-state index in [2.05, 4.69) is 24.1 Å². The first-order chi connectivity index (χ1) is 8.79. The van der Waals surface area contributed by atoms with Gasteiger partial charge in [-0.1, -0.05) is 19.8 Å². The van der Waals surface area contributed by atoms with Crippen LogP contribution in [0, 0.1) is 5.92 Å². The summed E-state index contributed by atoms with van der Waals surface area (Å²) >= 11 is 0. The molecule has 0 spiro atoms. The topological polar surface area (TPSA) is 24.5 Å². The van der Waals surface area contributed by atoms with Crippen molar-refractivity contribution >= 4 is 0 Å². The van der Waals surface area contributed by atoms with Crippen LogP contribution in [0.5, 0.6) is 0 Å². The van der Waals surface area contributed by atoms with Gasteiger partial charge in [0.05, 0.1) is 12.7 Å². The van der Waals surface area contributed by atoms with Gasteiger partial charge in [-0.2, -0.15) is 0 Å². The first-order valence-electron chi connectivity index (χ1n) is 7.86. The molecule has 3 nitrogen and oxygen atoms in total. The van der Waals surface area contributed by atoms with E-state index in [4.69, 9.17) is 4.74 Å². The first kappa shape index (κ1) is 14.3. The van der Waals surface area contributed by atoms with Gasteiger partial charge in [-0.05, 0) is 38.6 Å². The summed E-state index contributed by atoms with van der Waals surface area (Å²) in [5.74, 6) is 0.954. The molecule has 1 aliphatic carbocycles. The van der Waals surface area contributed by atoms with Gasteiger partial charge in [-0.25, -0.2) is 0 Å². The van der Waals surface area contributed by atoms with Gasteiger partial charge < -0.3 is 10.1 Å². The van der Waals surface area contributed by atoms with E-state index in [9.17, 15) is 0 Å². The molecule has 1 saturated heterocycles. The van der Waals surface area contributed by atoms with E-state index >= 15 is 0 Å². The quantitative estimate of drug-likeness (QED) is 0.736. The lowest BCUT2D eigenvalue weighted by Gasteiger charge is -2.38. The molecule has 1 aliphatic heterocycles. The second-order valence-corrected chi connectivity index (χ2v) is 6.06. The molecule has 0 aromatic carbocycles. The average Bonchev–Trinajstić information content (AvgIpc) is 2.88. The van der Waals surface area contributed by atoms with E-state index in [1.54, 1.807) is 0 Å². The Morgan fingerprint density at radius 3 is 2.78 bits per heavy atom. The standard InChI is InChI=1S/C15H30N2O/c1-3-15-12-18-13(2)11-17(15)9-8-16-10-14-6-4-5-7-14/h13-16H,3-12H2,1-2H3. The zero-order chi connectivity index (χ0) is 12.8. The zero-order valence-corrected chi connectivity index (χ0v) is 12.2. The second-order valence-electron chi connectivity index (χ2n) is 6.06. The Bertz CT molecular complexity index is 229. The van der Waals surface area contributed by atoms with Crippen molar-refractivity contribution < 1.29 is 4.74 Å². The normalized spacial score (nSPS) is 31.0. The molecule has 106 valence electrons. The van der Waals surface area contributed by atoms with Crippen LogP contribution in [0.15, 0.2) is 0 Å². The molecule has 0 bridgehead atoms. The van der Waals surface area contributed by atoms with Crippen molar-refractivity contribution in [3.05, 3.63) is 0 Å². The minimum Gasteiger partial charge on any atom is -0.376 e. The largest absolute Gasteiger partial charge is 0.376 e. The van der Waals surface area contributed by atoms with Crippen molar-refractivity contribution in [2.45, 2.75) is 58.1 Å². The first-order valence-corrected chi connectivity index (χ1v) is 7.86. The van der Waals surface area contributed by atoms with Crippen molar-refractivity contribution in [1.29, 1.82) is 0 Å². The Kier molecular flexibility index (Phi) is 5.93. The lowest BCUT2D eigenvalue weighted by molar-refractivity contribution is -0.0551. The molecule has 0 radical (unpaired) electrons. The molecule has 2 rings (SSSR count). The Labute approximate surface area is 112 Å². The third-order valence-electron chi connectivity index (χ3n) is 4.54. The van der Waals surface area contributed by atoms with E-state index in [1.165, 1.54) is 45.2 Å². The van der Waals surface area contributed by atoms with Gasteiger partial charge in [-0.3, -0.25) is 4.90 Å². The number of nitrogens with one attached hydrogen (secondary N) is 1. The molecule has 0 aromatic rings. The summed E-state index contributed by atoms with van der Waals surface area (Å²) in [7, 11) is 0. The van der Waals surface area contributed by atoms with Gasteiger partial charge in [0.2, 0.25) is 0 Å². The second kappa shape index (κ2) is 7.46. The number of rotatable bonds is 6. The van der Waals surface area contributed by atoms with Gasteiger partial charge in [0.25, 0.3) is 0 Å². The zero-order valence-electron chi connectivity index (χ0n) is 12.2. The SMILES string of the molecule is CCC1COC(C)CN1CCNCC1CCCC1. The fourth-order valence-electron chi connectivity index (χ4n) is 3.31. The molecular formula is C15H30N2O. The Morgan fingerprint density at radius 1 is 1.28 bits per heavy atom. The van der Waals surface area contributed by atoms with Crippen LogP contribution in [-0.4, -0.2) is 49.8 Å². The van der Waals surface area contributed by atoms with Crippen LogP contribution in [0.1, 0.15) is 46.0 Å². The number of ether oxygens (including phenoxy) is 1. The summed E-state index contributed by atoms with van der Waals surface area (Å²) in [5, 5.41) is 3.65. The van der Waals surface area contributed by atoms with Crippen molar-refractivity contribution in [2.24, 2.45) is 5.92 Å². The minimum absolute atomic E-state index is 0.405. The van der Waals surface area contributed by atoms with Crippen LogP contribution in [0.25, 0.3) is 0 Å². The summed E-state index contributed by atoms with van der Waals surface area (Å²) in [6, 6.07) is 0.634. The number of nitrogens with zero attached hydrogens (tertiary/aromatic N) is 1. The predicted octanol–water partition coefficient (Wildman–Crippen LogP) is 2.27. The van der Waals surface area contributed by atoms with Crippen LogP contribution < -0.4 is 5.32 Å². The van der Waals surface area contributed by atoms with E-state index in [0.29, 0.717) is 12.1 Å². The van der Waals surface area contributed by atoms with Gasteiger partial charge in [0.15, 0.2) is 0 Å². The van der Waals surface area contributed by atoms with E-state index in [0.717, 1.165) is 25.6 Å². The Hall–Kier alpha value is -0.120. The summed E-state index contributed by atoms with van der Waals surface area (Å²) in [6.07, 6.45) is 7.40. The maximum atomic E-state index is 5.74. The monoisotopic (exact) mass is 254 g/mol. The average molecular weight is 254 g/mol. The molecule has 1 heterocycles. The number of morpholine rings is 1. The molecular weight excluding hydrogens is 224 g/mol. The summed E-state index contributed by atoms with van der Waals surface area (Å²) in [4.78, 5) is 2.61. The Morgan fingerprint density at radius 2 is 2.06 bits per heavy atom. The molecule has 0 aromatic heterocycles. The third-order valence-corrected chi connectivity index (χ3v) is 4.54. The molecule has 1 N–H and O–H groups in total. The van der Waals surface area contributed by atoms with E-state index in [-0.39, 0.29) is 0 Å². The molecule has 0 amide bonds. The lowest BCUT2D eigenvalue weighted by atomic mass is 10.1.